The maximum Gasteiger partial charge on any atom is 0.253 e. The van der Waals surface area contributed by atoms with Gasteiger partial charge < -0.3 is 19.3 Å². The molecule has 3 atom stereocenters. The Kier molecular flexibility index (Phi) is 5.39. The summed E-state index contributed by atoms with van der Waals surface area (Å²) in [5.41, 5.74) is 0.593. The fourth-order valence-electron chi connectivity index (χ4n) is 4.25. The van der Waals surface area contributed by atoms with E-state index >= 15 is 0 Å². The number of methoxy groups -OCH3 is 1. The molecule has 0 bridgehead atoms. The molecule has 0 N–H and O–H groups in total. The van der Waals surface area contributed by atoms with Crippen molar-refractivity contribution in [3.8, 4) is 11.5 Å². The van der Waals surface area contributed by atoms with E-state index in [1.54, 1.807) is 25.3 Å². The summed E-state index contributed by atoms with van der Waals surface area (Å²) in [6.45, 7) is 3.26. The lowest BCUT2D eigenvalue weighted by molar-refractivity contribution is -0.134. The van der Waals surface area contributed by atoms with Crippen LogP contribution in [-0.4, -0.2) is 62.0 Å². The minimum Gasteiger partial charge on any atom is -0.493 e. The van der Waals surface area contributed by atoms with E-state index in [2.05, 4.69) is 0 Å². The lowest BCUT2D eigenvalue weighted by atomic mass is 9.88. The van der Waals surface area contributed by atoms with Crippen molar-refractivity contribution < 1.29 is 19.1 Å². The van der Waals surface area contributed by atoms with Crippen LogP contribution in [0.5, 0.6) is 11.5 Å². The largest absolute Gasteiger partial charge is 0.493 e. The Bertz CT molecular complexity index is 690. The van der Waals surface area contributed by atoms with Crippen molar-refractivity contribution in [3.05, 3.63) is 23.8 Å². The minimum absolute atomic E-state index is 0.0188. The zero-order chi connectivity index (χ0) is 18.8. The SMILES string of the molecule is CCOc1ccc(C(=O)N(C)[C@@H]2C[C@@H]3CC(=O)N(C)C[C@@H]3C2)cc1OC. The lowest BCUT2D eigenvalue weighted by Crippen LogP contribution is -2.39. The molecule has 1 saturated heterocycles. The third-order valence-corrected chi connectivity index (χ3v) is 5.77. The van der Waals surface area contributed by atoms with Gasteiger partial charge in [0.2, 0.25) is 5.91 Å². The Hall–Kier alpha value is -2.24. The summed E-state index contributed by atoms with van der Waals surface area (Å²) in [6, 6.07) is 5.48. The predicted octanol–water partition coefficient (Wildman–Crippen LogP) is 2.42. The van der Waals surface area contributed by atoms with Crippen LogP contribution in [0.1, 0.15) is 36.5 Å². The Morgan fingerprint density at radius 1 is 1.27 bits per heavy atom. The van der Waals surface area contributed by atoms with Gasteiger partial charge >= 0.3 is 0 Å². The number of carbonyl (C=O) groups excluding carboxylic acids is 2. The topological polar surface area (TPSA) is 59.1 Å². The molecule has 1 aliphatic carbocycles. The van der Waals surface area contributed by atoms with Crippen LogP contribution < -0.4 is 9.47 Å². The van der Waals surface area contributed by atoms with Crippen LogP contribution in [0, 0.1) is 11.8 Å². The standard InChI is InChI=1S/C20H28N2O4/c1-5-26-17-7-6-13(10-18(17)25-4)20(24)22(3)16-8-14-11-19(23)21(2)12-15(14)9-16/h6-7,10,14-16H,5,8-9,11-12H2,1-4H3/t14-,15+,16-/m1/s1. The number of benzene rings is 1. The number of rotatable bonds is 5. The van der Waals surface area contributed by atoms with Gasteiger partial charge in [-0.05, 0) is 49.8 Å². The van der Waals surface area contributed by atoms with E-state index in [9.17, 15) is 9.59 Å². The number of carbonyl (C=O) groups is 2. The normalized spacial score (nSPS) is 25.0. The molecule has 142 valence electrons. The third-order valence-electron chi connectivity index (χ3n) is 5.77. The molecule has 2 amide bonds. The number of hydrogen-bond donors (Lipinski definition) is 0. The van der Waals surface area contributed by atoms with Gasteiger partial charge in [0.1, 0.15) is 0 Å². The molecule has 1 heterocycles. The number of amides is 2. The molecule has 0 unspecified atom stereocenters. The molecule has 1 saturated carbocycles. The second-order valence-electron chi connectivity index (χ2n) is 7.34. The molecular formula is C20H28N2O4. The van der Waals surface area contributed by atoms with Crippen molar-refractivity contribution in [1.29, 1.82) is 0 Å². The first-order valence-corrected chi connectivity index (χ1v) is 9.26. The summed E-state index contributed by atoms with van der Waals surface area (Å²) in [7, 11) is 5.30. The van der Waals surface area contributed by atoms with Gasteiger partial charge in [-0.15, -0.1) is 0 Å². The van der Waals surface area contributed by atoms with E-state index < -0.39 is 0 Å². The van der Waals surface area contributed by atoms with Gasteiger partial charge in [-0.25, -0.2) is 0 Å². The van der Waals surface area contributed by atoms with Crippen LogP contribution in [-0.2, 0) is 4.79 Å². The minimum atomic E-state index is -0.0188. The number of hydrogen-bond acceptors (Lipinski definition) is 4. The van der Waals surface area contributed by atoms with E-state index in [0.29, 0.717) is 41.9 Å². The zero-order valence-electron chi connectivity index (χ0n) is 16.0. The smallest absolute Gasteiger partial charge is 0.253 e. The molecule has 0 radical (unpaired) electrons. The van der Waals surface area contributed by atoms with Gasteiger partial charge in [0.25, 0.3) is 5.91 Å². The predicted molar refractivity (Wildman–Crippen MR) is 98.5 cm³/mol. The molecule has 6 heteroatoms. The van der Waals surface area contributed by atoms with Crippen LogP contribution in [0.15, 0.2) is 18.2 Å². The summed E-state index contributed by atoms with van der Waals surface area (Å²) < 4.78 is 10.9. The highest BCUT2D eigenvalue weighted by atomic mass is 16.5. The highest BCUT2D eigenvalue weighted by Crippen LogP contribution is 2.40. The summed E-state index contributed by atoms with van der Waals surface area (Å²) in [6.07, 6.45) is 2.47. The second-order valence-corrected chi connectivity index (χ2v) is 7.34. The molecule has 0 spiro atoms. The van der Waals surface area contributed by atoms with Gasteiger partial charge in [-0.3, -0.25) is 9.59 Å². The van der Waals surface area contributed by atoms with Crippen molar-refractivity contribution in [1.82, 2.24) is 9.80 Å². The molecule has 1 aromatic rings. The lowest BCUT2D eigenvalue weighted by Gasteiger charge is -2.31. The molecule has 6 nitrogen and oxygen atoms in total. The fourth-order valence-corrected chi connectivity index (χ4v) is 4.25. The van der Waals surface area contributed by atoms with Gasteiger partial charge in [-0.2, -0.15) is 0 Å². The molecular weight excluding hydrogens is 332 g/mol. The molecule has 1 aliphatic heterocycles. The van der Waals surface area contributed by atoms with Gasteiger partial charge in [-0.1, -0.05) is 0 Å². The summed E-state index contributed by atoms with van der Waals surface area (Å²) in [4.78, 5) is 28.6. The van der Waals surface area contributed by atoms with Crippen molar-refractivity contribution in [2.24, 2.45) is 11.8 Å². The summed E-state index contributed by atoms with van der Waals surface area (Å²) in [5.74, 6) is 2.30. The van der Waals surface area contributed by atoms with Crippen LogP contribution >= 0.6 is 0 Å². The van der Waals surface area contributed by atoms with E-state index in [-0.39, 0.29) is 17.9 Å². The van der Waals surface area contributed by atoms with Crippen LogP contribution in [0.3, 0.4) is 0 Å². The molecule has 1 aromatic carbocycles. The van der Waals surface area contributed by atoms with Gasteiger partial charge in [0.15, 0.2) is 11.5 Å². The van der Waals surface area contributed by atoms with Crippen LogP contribution in [0.25, 0.3) is 0 Å². The molecule has 2 aliphatic rings. The Morgan fingerprint density at radius 2 is 2.00 bits per heavy atom. The Morgan fingerprint density at radius 3 is 2.69 bits per heavy atom. The number of likely N-dealkylation sites (tertiary alicyclic amines) is 1. The molecule has 2 fully saturated rings. The fraction of sp³-hybridized carbons (Fsp3) is 0.600. The average Bonchev–Trinajstić information content (AvgIpc) is 3.04. The third kappa shape index (κ3) is 3.50. The monoisotopic (exact) mass is 360 g/mol. The van der Waals surface area contributed by atoms with Gasteiger partial charge in [0, 0.05) is 38.7 Å². The number of piperidine rings is 1. The van der Waals surface area contributed by atoms with Crippen molar-refractivity contribution in [3.63, 3.8) is 0 Å². The maximum atomic E-state index is 13.0. The van der Waals surface area contributed by atoms with Crippen LogP contribution in [0.4, 0.5) is 0 Å². The number of ether oxygens (including phenoxy) is 2. The van der Waals surface area contributed by atoms with E-state index in [4.69, 9.17) is 9.47 Å². The number of fused-ring (bicyclic) bond motifs is 1. The molecule has 3 rings (SSSR count). The highest BCUT2D eigenvalue weighted by Gasteiger charge is 2.42. The highest BCUT2D eigenvalue weighted by molar-refractivity contribution is 5.95. The second kappa shape index (κ2) is 7.56. The van der Waals surface area contributed by atoms with E-state index in [0.717, 1.165) is 19.4 Å². The Labute approximate surface area is 155 Å². The maximum absolute atomic E-state index is 13.0. The average molecular weight is 360 g/mol. The first-order chi connectivity index (χ1) is 12.4. The van der Waals surface area contributed by atoms with Crippen molar-refractivity contribution in [2.75, 3.05) is 34.4 Å². The first-order valence-electron chi connectivity index (χ1n) is 9.26. The van der Waals surface area contributed by atoms with Gasteiger partial charge in [0.05, 0.1) is 13.7 Å². The zero-order valence-corrected chi connectivity index (χ0v) is 16.0. The Balaban J connectivity index is 1.71. The molecule has 26 heavy (non-hydrogen) atoms. The summed E-state index contributed by atoms with van der Waals surface area (Å²) in [5, 5.41) is 0. The van der Waals surface area contributed by atoms with Crippen molar-refractivity contribution >= 4 is 11.8 Å². The van der Waals surface area contributed by atoms with E-state index in [1.807, 2.05) is 30.8 Å². The first kappa shape index (κ1) is 18.5. The van der Waals surface area contributed by atoms with E-state index in [1.165, 1.54) is 0 Å². The molecule has 0 aromatic heterocycles. The summed E-state index contributed by atoms with van der Waals surface area (Å²) >= 11 is 0. The number of nitrogens with zero attached hydrogens (tertiary/aromatic N) is 2. The quantitative estimate of drug-likeness (QED) is 0.809. The van der Waals surface area contributed by atoms with Crippen LogP contribution in [0.2, 0.25) is 0 Å². The van der Waals surface area contributed by atoms with Crippen molar-refractivity contribution in [2.45, 2.75) is 32.2 Å².